The van der Waals surface area contributed by atoms with Gasteiger partial charge in [-0.15, -0.1) is 0 Å². The Morgan fingerprint density at radius 1 is 1.33 bits per heavy atom. The summed E-state index contributed by atoms with van der Waals surface area (Å²) in [5.41, 5.74) is -0.228. The van der Waals surface area contributed by atoms with Gasteiger partial charge >= 0.3 is 0 Å². The average molecular weight is 256 g/mol. The van der Waals surface area contributed by atoms with Crippen LogP contribution in [0.3, 0.4) is 0 Å². The first-order valence-corrected chi connectivity index (χ1v) is 6.13. The summed E-state index contributed by atoms with van der Waals surface area (Å²) >= 11 is 0. The summed E-state index contributed by atoms with van der Waals surface area (Å²) < 4.78 is 32.7. The maximum absolute atomic E-state index is 13.8. The number of benzene rings is 1. The summed E-state index contributed by atoms with van der Waals surface area (Å²) in [5.74, 6) is -2.23. The first-order valence-electron chi connectivity index (χ1n) is 6.13. The fraction of sp³-hybridized carbons (Fsp3) is 0.500. The highest BCUT2D eigenvalue weighted by atomic mass is 19.1. The van der Waals surface area contributed by atoms with Crippen molar-refractivity contribution in [1.29, 1.82) is 0 Å². The number of carbonyl (C=O) groups is 1. The van der Waals surface area contributed by atoms with Gasteiger partial charge in [-0.1, -0.05) is 19.4 Å². The van der Waals surface area contributed by atoms with E-state index in [2.05, 4.69) is 0 Å². The van der Waals surface area contributed by atoms with E-state index in [9.17, 15) is 13.6 Å². The lowest BCUT2D eigenvalue weighted by Crippen LogP contribution is -2.26. The molecule has 18 heavy (non-hydrogen) atoms. The van der Waals surface area contributed by atoms with E-state index in [0.717, 1.165) is 6.07 Å². The first-order chi connectivity index (χ1) is 8.52. The van der Waals surface area contributed by atoms with E-state index in [1.165, 1.54) is 13.0 Å². The molecule has 0 aliphatic heterocycles. The van der Waals surface area contributed by atoms with Gasteiger partial charge in [0.2, 0.25) is 0 Å². The molecule has 0 aromatic heterocycles. The fourth-order valence-corrected chi connectivity index (χ4v) is 1.80. The Morgan fingerprint density at radius 3 is 2.56 bits per heavy atom. The largest absolute Gasteiger partial charge is 0.370 e. The Balaban J connectivity index is 3.11. The summed E-state index contributed by atoms with van der Waals surface area (Å²) in [6.07, 6.45) is 0.399. The lowest BCUT2D eigenvalue weighted by Gasteiger charge is -2.16. The summed E-state index contributed by atoms with van der Waals surface area (Å²) in [6, 6.07) is 2.43. The summed E-state index contributed by atoms with van der Waals surface area (Å²) in [4.78, 5) is 12.1. The van der Waals surface area contributed by atoms with Crippen LogP contribution in [0.4, 0.5) is 8.78 Å². The molecule has 0 N–H and O–H groups in total. The highest BCUT2D eigenvalue weighted by Gasteiger charge is 2.26. The quantitative estimate of drug-likeness (QED) is 0.726. The number of hydrogen-bond acceptors (Lipinski definition) is 2. The second-order valence-electron chi connectivity index (χ2n) is 4.15. The van der Waals surface area contributed by atoms with Crippen molar-refractivity contribution in [2.45, 2.75) is 39.7 Å². The molecule has 1 aromatic rings. The summed E-state index contributed by atoms with van der Waals surface area (Å²) in [6.45, 7) is 5.48. The van der Waals surface area contributed by atoms with Crippen molar-refractivity contribution in [2.24, 2.45) is 0 Å². The van der Waals surface area contributed by atoms with Gasteiger partial charge in [-0.05, 0) is 31.9 Å². The zero-order valence-corrected chi connectivity index (χ0v) is 10.9. The SMILES string of the molecule is CCCC(OCC)C(=O)c1c(F)ccc(C)c1F. The number of ether oxygens (including phenoxy) is 1. The van der Waals surface area contributed by atoms with Crippen molar-refractivity contribution in [3.63, 3.8) is 0 Å². The maximum atomic E-state index is 13.8. The number of carbonyl (C=O) groups excluding carboxylic acids is 1. The van der Waals surface area contributed by atoms with Gasteiger partial charge in [-0.25, -0.2) is 8.78 Å². The average Bonchev–Trinajstić information content (AvgIpc) is 2.34. The molecule has 2 nitrogen and oxygen atoms in total. The minimum Gasteiger partial charge on any atom is -0.370 e. The molecule has 0 saturated heterocycles. The highest BCUT2D eigenvalue weighted by molar-refractivity contribution is 6.00. The first kappa shape index (κ1) is 14.8. The molecule has 0 spiro atoms. The number of hydrogen-bond donors (Lipinski definition) is 0. The third kappa shape index (κ3) is 3.13. The molecule has 0 aliphatic rings. The van der Waals surface area contributed by atoms with Crippen LogP contribution in [-0.4, -0.2) is 18.5 Å². The van der Waals surface area contributed by atoms with Crippen LogP contribution in [-0.2, 0) is 4.74 Å². The molecule has 0 heterocycles. The number of aryl methyl sites for hydroxylation is 1. The van der Waals surface area contributed by atoms with Crippen LogP contribution in [0, 0.1) is 18.6 Å². The van der Waals surface area contributed by atoms with E-state index in [-0.39, 0.29) is 5.56 Å². The molecule has 1 aromatic carbocycles. The van der Waals surface area contributed by atoms with E-state index < -0.39 is 29.1 Å². The zero-order chi connectivity index (χ0) is 13.7. The van der Waals surface area contributed by atoms with Crippen molar-refractivity contribution in [3.05, 3.63) is 34.9 Å². The van der Waals surface area contributed by atoms with Crippen LogP contribution in [0.15, 0.2) is 12.1 Å². The van der Waals surface area contributed by atoms with Gasteiger partial charge in [0.15, 0.2) is 5.78 Å². The second-order valence-corrected chi connectivity index (χ2v) is 4.15. The van der Waals surface area contributed by atoms with Gasteiger partial charge in [0, 0.05) is 6.61 Å². The highest BCUT2D eigenvalue weighted by Crippen LogP contribution is 2.20. The zero-order valence-electron chi connectivity index (χ0n) is 10.9. The minimum absolute atomic E-state index is 0.256. The molecule has 100 valence electrons. The molecule has 0 saturated carbocycles. The van der Waals surface area contributed by atoms with Crippen LogP contribution in [0.1, 0.15) is 42.6 Å². The van der Waals surface area contributed by atoms with E-state index in [1.54, 1.807) is 6.92 Å². The monoisotopic (exact) mass is 256 g/mol. The molecule has 4 heteroatoms. The van der Waals surface area contributed by atoms with Crippen LogP contribution in [0.2, 0.25) is 0 Å². The van der Waals surface area contributed by atoms with Crippen LogP contribution in [0.5, 0.6) is 0 Å². The lowest BCUT2D eigenvalue weighted by molar-refractivity contribution is 0.0415. The van der Waals surface area contributed by atoms with E-state index in [4.69, 9.17) is 4.74 Å². The third-order valence-electron chi connectivity index (χ3n) is 2.74. The van der Waals surface area contributed by atoms with Gasteiger partial charge in [-0.2, -0.15) is 0 Å². The van der Waals surface area contributed by atoms with Gasteiger partial charge in [0.1, 0.15) is 17.7 Å². The molecule has 0 fully saturated rings. The van der Waals surface area contributed by atoms with E-state index in [0.29, 0.717) is 19.4 Å². The summed E-state index contributed by atoms with van der Waals surface area (Å²) in [5, 5.41) is 0. The smallest absolute Gasteiger partial charge is 0.197 e. The molecule has 1 atom stereocenters. The Hall–Kier alpha value is -1.29. The van der Waals surface area contributed by atoms with Crippen LogP contribution >= 0.6 is 0 Å². The minimum atomic E-state index is -0.830. The van der Waals surface area contributed by atoms with Crippen LogP contribution in [0.25, 0.3) is 0 Å². The van der Waals surface area contributed by atoms with Crippen molar-refractivity contribution in [1.82, 2.24) is 0 Å². The molecule has 1 rings (SSSR count). The Kier molecular flexibility index (Phi) is 5.41. The van der Waals surface area contributed by atoms with Gasteiger partial charge in [-0.3, -0.25) is 4.79 Å². The molecular formula is C14H18F2O2. The van der Waals surface area contributed by atoms with Crippen LogP contribution < -0.4 is 0 Å². The molecule has 0 aliphatic carbocycles. The topological polar surface area (TPSA) is 26.3 Å². The predicted octanol–water partition coefficient (Wildman–Crippen LogP) is 3.66. The predicted molar refractivity (Wildman–Crippen MR) is 65.7 cm³/mol. The molecular weight excluding hydrogens is 238 g/mol. The molecule has 0 amide bonds. The van der Waals surface area contributed by atoms with Crippen molar-refractivity contribution in [2.75, 3.05) is 6.61 Å². The normalized spacial score (nSPS) is 12.5. The fourth-order valence-electron chi connectivity index (χ4n) is 1.80. The Bertz CT molecular complexity index is 424. The Morgan fingerprint density at radius 2 is 2.00 bits per heavy atom. The van der Waals surface area contributed by atoms with Gasteiger partial charge in [0.05, 0.1) is 5.56 Å². The molecule has 1 unspecified atom stereocenters. The van der Waals surface area contributed by atoms with E-state index >= 15 is 0 Å². The number of Topliss-reactive ketones (excluding diaryl/α,β-unsaturated/α-hetero) is 1. The number of halogens is 2. The number of ketones is 1. The van der Waals surface area contributed by atoms with E-state index in [1.807, 2.05) is 6.92 Å². The summed E-state index contributed by atoms with van der Waals surface area (Å²) in [7, 11) is 0. The van der Waals surface area contributed by atoms with Gasteiger partial charge in [0.25, 0.3) is 0 Å². The second kappa shape index (κ2) is 6.59. The van der Waals surface area contributed by atoms with Crippen molar-refractivity contribution < 1.29 is 18.3 Å². The van der Waals surface area contributed by atoms with Crippen molar-refractivity contribution in [3.8, 4) is 0 Å². The van der Waals surface area contributed by atoms with Crippen molar-refractivity contribution >= 4 is 5.78 Å². The third-order valence-corrected chi connectivity index (χ3v) is 2.74. The molecule has 0 bridgehead atoms. The standard InChI is InChI=1S/C14H18F2O2/c1-4-6-11(18-5-2)14(17)12-10(15)8-7-9(3)13(12)16/h7-8,11H,4-6H2,1-3H3. The molecule has 0 radical (unpaired) electrons. The number of rotatable bonds is 6. The Labute approximate surface area is 106 Å². The maximum Gasteiger partial charge on any atom is 0.197 e. The lowest BCUT2D eigenvalue weighted by atomic mass is 9.99. The van der Waals surface area contributed by atoms with Gasteiger partial charge < -0.3 is 4.74 Å².